The average Bonchev–Trinajstić information content (AvgIpc) is 2.79. The van der Waals surface area contributed by atoms with E-state index in [1.165, 1.54) is 5.56 Å². The van der Waals surface area contributed by atoms with Crippen LogP contribution in [0.25, 0.3) is 0 Å². The summed E-state index contributed by atoms with van der Waals surface area (Å²) in [7, 11) is 0. The minimum Gasteiger partial charge on any atom is -0.459 e. The summed E-state index contributed by atoms with van der Waals surface area (Å²) in [6, 6.07) is 18.4. The van der Waals surface area contributed by atoms with Gasteiger partial charge in [-0.25, -0.2) is 0 Å². The largest absolute Gasteiger partial charge is 0.459 e. The summed E-state index contributed by atoms with van der Waals surface area (Å²) >= 11 is 2.29. The number of allylic oxidation sites excluding steroid dienone is 1. The van der Waals surface area contributed by atoms with Crippen molar-refractivity contribution >= 4 is 28.5 Å². The first-order valence-electron chi connectivity index (χ1n) is 10.8. The van der Waals surface area contributed by atoms with Crippen LogP contribution in [0.1, 0.15) is 36.8 Å². The number of amides is 1. The SMILES string of the molecule is CCO[C@H]1OC(C(=O)NCCc2ccccc2)=C[C@@H](c2ccc(I)cc2)[C@@H]1CCCO. The van der Waals surface area contributed by atoms with E-state index < -0.39 is 6.29 Å². The molecule has 3 atom stereocenters. The molecule has 0 saturated heterocycles. The smallest absolute Gasteiger partial charge is 0.286 e. The monoisotopic (exact) mass is 535 g/mol. The number of nitrogens with one attached hydrogen (secondary N) is 1. The summed E-state index contributed by atoms with van der Waals surface area (Å²) in [5.74, 6) is 0.0730. The molecule has 2 N–H and O–H groups in total. The Morgan fingerprint density at radius 2 is 1.90 bits per heavy atom. The number of benzene rings is 2. The van der Waals surface area contributed by atoms with Crippen LogP contribution in [0.15, 0.2) is 66.4 Å². The molecule has 5 nitrogen and oxygen atoms in total. The first-order valence-corrected chi connectivity index (χ1v) is 11.9. The van der Waals surface area contributed by atoms with Crippen LogP contribution in [0.5, 0.6) is 0 Å². The second kappa shape index (κ2) is 12.2. The van der Waals surface area contributed by atoms with E-state index in [1.54, 1.807) is 0 Å². The molecule has 0 bridgehead atoms. The van der Waals surface area contributed by atoms with Crippen LogP contribution in [0.4, 0.5) is 0 Å². The molecule has 1 aliphatic rings. The minimum atomic E-state index is -0.527. The van der Waals surface area contributed by atoms with Crippen LogP contribution < -0.4 is 5.32 Å². The maximum absolute atomic E-state index is 12.9. The number of carbonyl (C=O) groups is 1. The third kappa shape index (κ3) is 6.79. The van der Waals surface area contributed by atoms with Gasteiger partial charge in [-0.05, 0) is 78.1 Å². The Hall–Kier alpha value is -1.90. The maximum Gasteiger partial charge on any atom is 0.286 e. The van der Waals surface area contributed by atoms with Gasteiger partial charge in [-0.2, -0.15) is 0 Å². The molecule has 1 aliphatic heterocycles. The number of halogens is 1. The topological polar surface area (TPSA) is 67.8 Å². The van der Waals surface area contributed by atoms with Gasteiger partial charge in [0.25, 0.3) is 5.91 Å². The standard InChI is InChI=1S/C25H30INO4/c1-2-30-25-21(9-6-16-28)22(19-10-12-20(26)13-11-19)17-23(31-25)24(29)27-15-14-18-7-4-3-5-8-18/h3-5,7-8,10-13,17,21-22,25,28H,2,6,9,14-16H2,1H3,(H,27,29)/t21-,22-,25-/m0/s1. The number of hydrogen-bond donors (Lipinski definition) is 2. The van der Waals surface area contributed by atoms with Crippen molar-refractivity contribution in [1.82, 2.24) is 5.32 Å². The molecule has 1 heterocycles. The summed E-state index contributed by atoms with van der Waals surface area (Å²) < 4.78 is 13.1. The van der Waals surface area contributed by atoms with E-state index in [4.69, 9.17) is 9.47 Å². The van der Waals surface area contributed by atoms with Gasteiger partial charge in [-0.15, -0.1) is 0 Å². The number of hydrogen-bond acceptors (Lipinski definition) is 4. The summed E-state index contributed by atoms with van der Waals surface area (Å²) in [6.07, 6.45) is 3.55. The Labute approximate surface area is 198 Å². The van der Waals surface area contributed by atoms with Crippen LogP contribution in [0.3, 0.4) is 0 Å². The number of aliphatic hydroxyl groups is 1. The van der Waals surface area contributed by atoms with Gasteiger partial charge in [0.05, 0.1) is 0 Å². The fourth-order valence-corrected chi connectivity index (χ4v) is 4.24. The van der Waals surface area contributed by atoms with Crippen LogP contribution in [0.2, 0.25) is 0 Å². The lowest BCUT2D eigenvalue weighted by Gasteiger charge is -2.37. The van der Waals surface area contributed by atoms with E-state index in [2.05, 4.69) is 52.2 Å². The molecule has 0 saturated carbocycles. The van der Waals surface area contributed by atoms with Crippen molar-refractivity contribution in [2.75, 3.05) is 19.8 Å². The molecule has 0 aromatic heterocycles. The molecule has 2 aromatic rings. The van der Waals surface area contributed by atoms with Crippen molar-refractivity contribution < 1.29 is 19.4 Å². The van der Waals surface area contributed by atoms with Crippen molar-refractivity contribution in [3.8, 4) is 0 Å². The van der Waals surface area contributed by atoms with Gasteiger partial charge >= 0.3 is 0 Å². The van der Waals surface area contributed by atoms with Crippen molar-refractivity contribution in [3.63, 3.8) is 0 Å². The van der Waals surface area contributed by atoms with Gasteiger partial charge in [-0.3, -0.25) is 4.79 Å². The molecule has 0 fully saturated rings. The Morgan fingerprint density at radius 1 is 1.16 bits per heavy atom. The second-order valence-corrected chi connectivity index (χ2v) is 8.82. The number of rotatable bonds is 10. The summed E-state index contributed by atoms with van der Waals surface area (Å²) in [6.45, 7) is 3.06. The zero-order valence-corrected chi connectivity index (χ0v) is 20.0. The third-order valence-electron chi connectivity index (χ3n) is 5.43. The Balaban J connectivity index is 1.78. The highest BCUT2D eigenvalue weighted by atomic mass is 127. The molecule has 1 amide bonds. The lowest BCUT2D eigenvalue weighted by atomic mass is 9.80. The molecule has 0 radical (unpaired) electrons. The minimum absolute atomic E-state index is 0.0213. The maximum atomic E-state index is 12.9. The Morgan fingerprint density at radius 3 is 2.58 bits per heavy atom. The lowest BCUT2D eigenvalue weighted by molar-refractivity contribution is -0.166. The van der Waals surface area contributed by atoms with Gasteiger partial charge < -0.3 is 19.9 Å². The van der Waals surface area contributed by atoms with E-state index >= 15 is 0 Å². The van der Waals surface area contributed by atoms with Crippen molar-refractivity contribution in [2.24, 2.45) is 5.92 Å². The highest BCUT2D eigenvalue weighted by molar-refractivity contribution is 14.1. The van der Waals surface area contributed by atoms with Crippen LogP contribution >= 0.6 is 22.6 Å². The Bertz CT molecular complexity index is 854. The fourth-order valence-electron chi connectivity index (χ4n) is 3.88. The quantitative estimate of drug-likeness (QED) is 0.443. The van der Waals surface area contributed by atoms with Crippen LogP contribution in [-0.4, -0.2) is 37.1 Å². The number of ether oxygens (including phenoxy) is 2. The van der Waals surface area contributed by atoms with E-state index in [1.807, 2.05) is 43.3 Å². The zero-order chi connectivity index (χ0) is 22.1. The molecular formula is C25H30INO4. The Kier molecular flexibility index (Phi) is 9.36. The molecule has 6 heteroatoms. The van der Waals surface area contributed by atoms with Gasteiger partial charge in [0.15, 0.2) is 5.76 Å². The summed E-state index contributed by atoms with van der Waals surface area (Å²) in [5.41, 5.74) is 2.29. The van der Waals surface area contributed by atoms with Gasteiger partial charge in [0.2, 0.25) is 6.29 Å². The molecule has 0 spiro atoms. The summed E-state index contributed by atoms with van der Waals surface area (Å²) in [5, 5.41) is 12.3. The van der Waals surface area contributed by atoms with E-state index in [0.29, 0.717) is 25.3 Å². The van der Waals surface area contributed by atoms with Gasteiger partial charge in [0.1, 0.15) is 0 Å². The van der Waals surface area contributed by atoms with Crippen LogP contribution in [-0.2, 0) is 20.7 Å². The normalized spacial score (nSPS) is 20.6. The predicted octanol–water partition coefficient (Wildman–Crippen LogP) is 4.40. The van der Waals surface area contributed by atoms with E-state index in [9.17, 15) is 9.90 Å². The molecule has 2 aromatic carbocycles. The first-order chi connectivity index (χ1) is 15.1. The molecule has 3 rings (SSSR count). The number of carbonyl (C=O) groups excluding carboxylic acids is 1. The average molecular weight is 535 g/mol. The predicted molar refractivity (Wildman–Crippen MR) is 129 cm³/mol. The molecule has 31 heavy (non-hydrogen) atoms. The first kappa shape index (κ1) is 23.8. The molecule has 166 valence electrons. The van der Waals surface area contributed by atoms with Crippen molar-refractivity contribution in [2.45, 2.75) is 38.4 Å². The van der Waals surface area contributed by atoms with Crippen molar-refractivity contribution in [1.29, 1.82) is 0 Å². The second-order valence-electron chi connectivity index (χ2n) is 7.57. The van der Waals surface area contributed by atoms with E-state index in [-0.39, 0.29) is 24.3 Å². The molecule has 0 unspecified atom stereocenters. The molecule has 0 aliphatic carbocycles. The van der Waals surface area contributed by atoms with Crippen molar-refractivity contribution in [3.05, 3.63) is 81.1 Å². The van der Waals surface area contributed by atoms with E-state index in [0.717, 1.165) is 22.0 Å². The van der Waals surface area contributed by atoms with Gasteiger partial charge in [0, 0.05) is 35.2 Å². The van der Waals surface area contributed by atoms with Crippen LogP contribution in [0, 0.1) is 9.49 Å². The zero-order valence-electron chi connectivity index (χ0n) is 17.8. The molecular weight excluding hydrogens is 505 g/mol. The third-order valence-corrected chi connectivity index (χ3v) is 6.15. The highest BCUT2D eigenvalue weighted by Gasteiger charge is 2.37. The highest BCUT2D eigenvalue weighted by Crippen LogP contribution is 2.39. The lowest BCUT2D eigenvalue weighted by Crippen LogP contribution is -2.39. The summed E-state index contributed by atoms with van der Waals surface area (Å²) in [4.78, 5) is 12.9. The van der Waals surface area contributed by atoms with Gasteiger partial charge in [-0.1, -0.05) is 42.5 Å². The number of aliphatic hydroxyl groups excluding tert-OH is 1. The fraction of sp³-hybridized carbons (Fsp3) is 0.400.